The van der Waals surface area contributed by atoms with Crippen molar-refractivity contribution in [2.45, 2.75) is 18.9 Å². The van der Waals surface area contributed by atoms with Gasteiger partial charge in [0.15, 0.2) is 5.65 Å². The first-order valence-electron chi connectivity index (χ1n) is 7.44. The summed E-state index contributed by atoms with van der Waals surface area (Å²) in [6, 6.07) is 6.64. The van der Waals surface area contributed by atoms with Crippen molar-refractivity contribution in [1.29, 1.82) is 0 Å². The molecule has 118 valence electrons. The van der Waals surface area contributed by atoms with Crippen molar-refractivity contribution in [1.82, 2.24) is 14.6 Å². The van der Waals surface area contributed by atoms with Gasteiger partial charge in [-0.1, -0.05) is 11.6 Å². The summed E-state index contributed by atoms with van der Waals surface area (Å²) in [6.07, 6.45) is 5.36. The number of nitrogen functional groups attached to an aromatic ring is 1. The molecule has 0 aliphatic carbocycles. The molecule has 1 saturated heterocycles. The Morgan fingerprint density at radius 3 is 3.00 bits per heavy atom. The van der Waals surface area contributed by atoms with Crippen molar-refractivity contribution >= 4 is 28.8 Å². The van der Waals surface area contributed by atoms with E-state index >= 15 is 0 Å². The predicted molar refractivity (Wildman–Crippen MR) is 88.1 cm³/mol. The van der Waals surface area contributed by atoms with Gasteiger partial charge in [-0.15, -0.1) is 0 Å². The van der Waals surface area contributed by atoms with E-state index in [0.717, 1.165) is 30.8 Å². The van der Waals surface area contributed by atoms with Crippen LogP contribution >= 0.6 is 11.6 Å². The van der Waals surface area contributed by atoms with Crippen LogP contribution in [0.25, 0.3) is 5.65 Å². The molecule has 0 spiro atoms. The zero-order valence-electron chi connectivity index (χ0n) is 12.3. The molecule has 2 aromatic heterocycles. The molecule has 2 N–H and O–H groups in total. The number of anilines is 2. The van der Waals surface area contributed by atoms with Crippen LogP contribution in [0.3, 0.4) is 0 Å². The van der Waals surface area contributed by atoms with Gasteiger partial charge in [-0.2, -0.15) is 5.10 Å². The molecule has 7 heteroatoms. The Bertz CT molecular complexity index is 858. The van der Waals surface area contributed by atoms with E-state index in [4.69, 9.17) is 17.3 Å². The van der Waals surface area contributed by atoms with Crippen molar-refractivity contribution in [3.63, 3.8) is 0 Å². The summed E-state index contributed by atoms with van der Waals surface area (Å²) in [7, 11) is 0. The smallest absolute Gasteiger partial charge is 0.180 e. The molecule has 4 rings (SSSR count). The largest absolute Gasteiger partial charge is 0.394 e. The first kappa shape index (κ1) is 14.3. The van der Waals surface area contributed by atoms with Crippen molar-refractivity contribution in [2.75, 3.05) is 17.2 Å². The Morgan fingerprint density at radius 2 is 2.17 bits per heavy atom. The second-order valence-corrected chi connectivity index (χ2v) is 6.14. The Kier molecular flexibility index (Phi) is 3.34. The lowest BCUT2D eigenvalue weighted by Gasteiger charge is -2.26. The standard InChI is InChI=1S/C16H15ClFN5/c17-11-6-10(7-12(18)8-11)14-2-1-4-22(14)15-3-5-23-16(21-15)13(19)9-20-23/h3,5-9,14H,1-2,4,19H2/t14-/m1/s1. The van der Waals surface area contributed by atoms with Gasteiger partial charge in [0.05, 0.1) is 17.9 Å². The molecule has 1 aromatic carbocycles. The van der Waals surface area contributed by atoms with Crippen molar-refractivity contribution in [2.24, 2.45) is 0 Å². The van der Waals surface area contributed by atoms with Gasteiger partial charge >= 0.3 is 0 Å². The summed E-state index contributed by atoms with van der Waals surface area (Å²) < 4.78 is 15.3. The predicted octanol–water partition coefficient (Wildman–Crippen LogP) is 3.45. The van der Waals surface area contributed by atoms with Gasteiger partial charge in [-0.25, -0.2) is 13.9 Å². The highest BCUT2D eigenvalue weighted by molar-refractivity contribution is 6.30. The molecule has 1 fully saturated rings. The van der Waals surface area contributed by atoms with Crippen LogP contribution < -0.4 is 10.6 Å². The van der Waals surface area contributed by atoms with Crippen LogP contribution in [0.5, 0.6) is 0 Å². The van der Waals surface area contributed by atoms with Gasteiger partial charge in [0.1, 0.15) is 11.6 Å². The van der Waals surface area contributed by atoms with Crippen molar-refractivity contribution in [3.05, 3.63) is 53.1 Å². The molecule has 0 unspecified atom stereocenters. The minimum absolute atomic E-state index is 0.0577. The number of rotatable bonds is 2. The van der Waals surface area contributed by atoms with Gasteiger partial charge in [0.2, 0.25) is 0 Å². The number of benzene rings is 1. The van der Waals surface area contributed by atoms with Crippen molar-refractivity contribution < 1.29 is 4.39 Å². The van der Waals surface area contributed by atoms with Crippen LogP contribution in [0.15, 0.2) is 36.7 Å². The summed E-state index contributed by atoms with van der Waals surface area (Å²) in [4.78, 5) is 6.78. The van der Waals surface area contributed by atoms with Crippen LogP contribution in [0, 0.1) is 5.82 Å². The maximum Gasteiger partial charge on any atom is 0.180 e. The number of nitrogens with zero attached hydrogens (tertiary/aromatic N) is 4. The molecule has 1 aliphatic heterocycles. The lowest BCUT2D eigenvalue weighted by molar-refractivity contribution is 0.618. The maximum absolute atomic E-state index is 13.7. The fourth-order valence-corrected chi connectivity index (χ4v) is 3.42. The Morgan fingerprint density at radius 1 is 1.30 bits per heavy atom. The highest BCUT2D eigenvalue weighted by Gasteiger charge is 2.28. The first-order valence-corrected chi connectivity index (χ1v) is 7.82. The van der Waals surface area contributed by atoms with E-state index < -0.39 is 0 Å². The third kappa shape index (κ3) is 2.49. The van der Waals surface area contributed by atoms with Crippen LogP contribution in [0.1, 0.15) is 24.4 Å². The summed E-state index contributed by atoms with van der Waals surface area (Å²) in [5.41, 5.74) is 7.94. The number of halogens is 2. The van der Waals surface area contributed by atoms with Gasteiger partial charge in [0, 0.05) is 17.8 Å². The minimum atomic E-state index is -0.317. The molecule has 0 radical (unpaired) electrons. The fourth-order valence-electron chi connectivity index (χ4n) is 3.19. The number of hydrogen-bond donors (Lipinski definition) is 1. The summed E-state index contributed by atoms with van der Waals surface area (Å²) in [5, 5.41) is 4.54. The van der Waals surface area contributed by atoms with Gasteiger partial charge in [-0.05, 0) is 42.7 Å². The average molecular weight is 332 g/mol. The van der Waals surface area contributed by atoms with Crippen LogP contribution in [-0.2, 0) is 0 Å². The zero-order chi connectivity index (χ0) is 16.0. The van der Waals surface area contributed by atoms with E-state index in [0.29, 0.717) is 16.4 Å². The third-order valence-corrected chi connectivity index (χ3v) is 4.42. The molecule has 0 saturated carbocycles. The summed E-state index contributed by atoms with van der Waals surface area (Å²) >= 11 is 6.00. The van der Waals surface area contributed by atoms with E-state index in [2.05, 4.69) is 15.0 Å². The molecule has 0 amide bonds. The van der Waals surface area contributed by atoms with Gasteiger partial charge < -0.3 is 10.6 Å². The normalized spacial score (nSPS) is 18.0. The number of hydrogen-bond acceptors (Lipinski definition) is 4. The molecular weight excluding hydrogens is 317 g/mol. The van der Waals surface area contributed by atoms with Gasteiger partial charge in [0.25, 0.3) is 0 Å². The SMILES string of the molecule is Nc1cnn2ccc(N3CCC[C@@H]3c3cc(F)cc(Cl)c3)nc12. The van der Waals surface area contributed by atoms with Gasteiger partial charge in [-0.3, -0.25) is 0 Å². The Hall–Kier alpha value is -2.34. The highest BCUT2D eigenvalue weighted by Crippen LogP contribution is 2.36. The average Bonchev–Trinajstić information content (AvgIpc) is 3.13. The first-order chi connectivity index (χ1) is 11.1. The van der Waals surface area contributed by atoms with E-state index in [1.807, 2.05) is 18.3 Å². The monoisotopic (exact) mass is 331 g/mol. The molecular formula is C16H15ClFN5. The van der Waals surface area contributed by atoms with E-state index in [1.165, 1.54) is 6.07 Å². The lowest BCUT2D eigenvalue weighted by atomic mass is 10.0. The second-order valence-electron chi connectivity index (χ2n) is 5.71. The van der Waals surface area contributed by atoms with E-state index in [-0.39, 0.29) is 11.9 Å². The fraction of sp³-hybridized carbons (Fsp3) is 0.250. The minimum Gasteiger partial charge on any atom is -0.394 e. The molecule has 3 heterocycles. The van der Waals surface area contributed by atoms with E-state index in [9.17, 15) is 4.39 Å². The molecule has 3 aromatic rings. The summed E-state index contributed by atoms with van der Waals surface area (Å²) in [5.74, 6) is 0.496. The molecule has 1 atom stereocenters. The molecule has 0 bridgehead atoms. The second kappa shape index (κ2) is 5.38. The highest BCUT2D eigenvalue weighted by atomic mass is 35.5. The van der Waals surface area contributed by atoms with E-state index in [1.54, 1.807) is 16.8 Å². The third-order valence-electron chi connectivity index (χ3n) is 4.20. The lowest BCUT2D eigenvalue weighted by Crippen LogP contribution is -2.24. The maximum atomic E-state index is 13.7. The number of fused-ring (bicyclic) bond motifs is 1. The van der Waals surface area contributed by atoms with Crippen LogP contribution in [-0.4, -0.2) is 21.1 Å². The quantitative estimate of drug-likeness (QED) is 0.781. The Balaban J connectivity index is 1.75. The Labute approximate surface area is 137 Å². The molecule has 5 nitrogen and oxygen atoms in total. The number of aromatic nitrogens is 3. The molecule has 23 heavy (non-hydrogen) atoms. The summed E-state index contributed by atoms with van der Waals surface area (Å²) in [6.45, 7) is 0.857. The van der Waals surface area contributed by atoms with Crippen LogP contribution in [0.2, 0.25) is 5.02 Å². The van der Waals surface area contributed by atoms with Crippen LogP contribution in [0.4, 0.5) is 15.9 Å². The topological polar surface area (TPSA) is 59.4 Å². The van der Waals surface area contributed by atoms with Crippen molar-refractivity contribution in [3.8, 4) is 0 Å². The number of nitrogens with two attached hydrogens (primary N) is 1. The zero-order valence-corrected chi connectivity index (χ0v) is 13.0. The molecule has 1 aliphatic rings.